The minimum atomic E-state index is -0.131. The first-order chi connectivity index (χ1) is 12.2. The van der Waals surface area contributed by atoms with Gasteiger partial charge in [0.05, 0.1) is 12.2 Å². The van der Waals surface area contributed by atoms with Crippen molar-refractivity contribution in [1.29, 1.82) is 0 Å². The molecular formula is C19H25N3O2S. The number of likely N-dealkylation sites (tertiary alicyclic amines) is 1. The van der Waals surface area contributed by atoms with Crippen molar-refractivity contribution in [3.05, 3.63) is 45.9 Å². The minimum Gasteiger partial charge on any atom is -0.484 e. The van der Waals surface area contributed by atoms with Crippen LogP contribution in [0.2, 0.25) is 0 Å². The van der Waals surface area contributed by atoms with Crippen LogP contribution in [0.4, 0.5) is 0 Å². The lowest BCUT2D eigenvalue weighted by Gasteiger charge is -2.25. The highest BCUT2D eigenvalue weighted by Crippen LogP contribution is 2.15. The number of nitrogens with one attached hydrogen (secondary N) is 1. The fourth-order valence-corrected chi connectivity index (χ4v) is 3.58. The van der Waals surface area contributed by atoms with Gasteiger partial charge in [-0.15, -0.1) is 11.3 Å². The number of amides is 1. The number of aryl methyl sites for hydroxylation is 1. The van der Waals surface area contributed by atoms with Gasteiger partial charge in [-0.3, -0.25) is 9.69 Å². The molecule has 1 aliphatic rings. The van der Waals surface area contributed by atoms with Crippen molar-refractivity contribution in [3.8, 4) is 5.75 Å². The molecular weight excluding hydrogens is 334 g/mol. The quantitative estimate of drug-likeness (QED) is 0.825. The molecule has 0 saturated carbocycles. The van der Waals surface area contributed by atoms with E-state index in [-0.39, 0.29) is 12.5 Å². The Hall–Kier alpha value is -1.92. The smallest absolute Gasteiger partial charge is 0.258 e. The molecule has 5 nitrogen and oxygen atoms in total. The summed E-state index contributed by atoms with van der Waals surface area (Å²) in [5.41, 5.74) is 2.27. The van der Waals surface area contributed by atoms with Crippen LogP contribution in [-0.4, -0.2) is 35.5 Å². The summed E-state index contributed by atoms with van der Waals surface area (Å²) in [7, 11) is 0. The van der Waals surface area contributed by atoms with Gasteiger partial charge in [-0.25, -0.2) is 4.98 Å². The average Bonchev–Trinajstić information content (AvgIpc) is 3.08. The number of benzene rings is 1. The van der Waals surface area contributed by atoms with Crippen molar-refractivity contribution in [2.45, 2.75) is 39.3 Å². The van der Waals surface area contributed by atoms with Crippen molar-refractivity contribution in [1.82, 2.24) is 15.2 Å². The minimum absolute atomic E-state index is 0.0229. The first kappa shape index (κ1) is 17.9. The normalized spacial score (nSPS) is 15.1. The van der Waals surface area contributed by atoms with E-state index in [9.17, 15) is 4.79 Å². The van der Waals surface area contributed by atoms with Crippen molar-refractivity contribution >= 4 is 17.2 Å². The predicted octanol–water partition coefficient (Wildman–Crippen LogP) is 3.13. The Morgan fingerprint density at radius 1 is 1.24 bits per heavy atom. The number of piperidine rings is 1. The summed E-state index contributed by atoms with van der Waals surface area (Å²) in [4.78, 5) is 19.0. The highest BCUT2D eigenvalue weighted by Gasteiger charge is 2.12. The van der Waals surface area contributed by atoms with Crippen LogP contribution in [0.5, 0.6) is 5.75 Å². The fourth-order valence-electron chi connectivity index (χ4n) is 2.86. The Morgan fingerprint density at radius 3 is 2.76 bits per heavy atom. The average molecular weight is 359 g/mol. The molecule has 1 aliphatic heterocycles. The second kappa shape index (κ2) is 8.97. The zero-order valence-corrected chi connectivity index (χ0v) is 15.5. The van der Waals surface area contributed by atoms with E-state index in [1.165, 1.54) is 37.9 Å². The first-order valence-electron chi connectivity index (χ1n) is 8.81. The number of rotatable bonds is 7. The van der Waals surface area contributed by atoms with Crippen LogP contribution in [0.3, 0.4) is 0 Å². The molecule has 1 aromatic carbocycles. The van der Waals surface area contributed by atoms with Crippen molar-refractivity contribution in [2.75, 3.05) is 19.7 Å². The number of nitrogens with zero attached hydrogens (tertiary/aromatic N) is 2. The number of ether oxygens (including phenoxy) is 1. The molecule has 2 heterocycles. The molecule has 0 spiro atoms. The van der Waals surface area contributed by atoms with Gasteiger partial charge in [0.2, 0.25) is 0 Å². The van der Waals surface area contributed by atoms with Crippen LogP contribution in [0, 0.1) is 6.92 Å². The van der Waals surface area contributed by atoms with Gasteiger partial charge in [-0.2, -0.15) is 0 Å². The maximum Gasteiger partial charge on any atom is 0.258 e. The molecule has 0 radical (unpaired) electrons. The lowest BCUT2D eigenvalue weighted by atomic mass is 10.1. The predicted molar refractivity (Wildman–Crippen MR) is 99.8 cm³/mol. The highest BCUT2D eigenvalue weighted by molar-refractivity contribution is 7.09. The molecule has 25 heavy (non-hydrogen) atoms. The molecule has 1 fully saturated rings. The second-order valence-electron chi connectivity index (χ2n) is 6.45. The largest absolute Gasteiger partial charge is 0.484 e. The van der Waals surface area contributed by atoms with E-state index in [1.807, 2.05) is 31.2 Å². The summed E-state index contributed by atoms with van der Waals surface area (Å²) < 4.78 is 5.48. The van der Waals surface area contributed by atoms with E-state index in [4.69, 9.17) is 4.74 Å². The van der Waals surface area contributed by atoms with Crippen LogP contribution < -0.4 is 10.1 Å². The highest BCUT2D eigenvalue weighted by atomic mass is 32.1. The Bertz CT molecular complexity index is 678. The van der Waals surface area contributed by atoms with Gasteiger partial charge >= 0.3 is 0 Å². The second-order valence-corrected chi connectivity index (χ2v) is 7.39. The third-order valence-corrected chi connectivity index (χ3v) is 5.16. The Labute approximate surface area is 153 Å². The van der Waals surface area contributed by atoms with Crippen LogP contribution in [-0.2, 0) is 17.9 Å². The summed E-state index contributed by atoms with van der Waals surface area (Å²) in [6.07, 6.45) is 3.91. The molecule has 1 aromatic heterocycles. The molecule has 0 bridgehead atoms. The molecule has 6 heteroatoms. The summed E-state index contributed by atoms with van der Waals surface area (Å²) in [6.45, 7) is 5.75. The Morgan fingerprint density at radius 2 is 2.00 bits per heavy atom. The lowest BCUT2D eigenvalue weighted by molar-refractivity contribution is -0.123. The molecule has 0 unspecified atom stereocenters. The van der Waals surface area contributed by atoms with Gasteiger partial charge in [-0.1, -0.05) is 24.1 Å². The molecule has 1 amide bonds. The van der Waals surface area contributed by atoms with Crippen LogP contribution in [0.1, 0.15) is 35.5 Å². The SMILES string of the molecule is Cc1ccc(OCC(=O)NCc2nc(CN3CCCCC3)cs2)cc1. The number of hydrogen-bond donors (Lipinski definition) is 1. The molecule has 0 aliphatic carbocycles. The van der Waals surface area contributed by atoms with Crippen LogP contribution >= 0.6 is 11.3 Å². The first-order valence-corrected chi connectivity index (χ1v) is 9.69. The molecule has 1 saturated heterocycles. The number of hydrogen-bond acceptors (Lipinski definition) is 5. The monoisotopic (exact) mass is 359 g/mol. The molecule has 3 rings (SSSR count). The summed E-state index contributed by atoms with van der Waals surface area (Å²) in [5, 5.41) is 5.90. The van der Waals surface area contributed by atoms with E-state index in [0.29, 0.717) is 12.3 Å². The maximum absolute atomic E-state index is 11.9. The van der Waals surface area contributed by atoms with Gasteiger partial charge in [0.15, 0.2) is 6.61 Å². The number of thiazole rings is 1. The van der Waals surface area contributed by atoms with Crippen molar-refractivity contribution in [2.24, 2.45) is 0 Å². The van der Waals surface area contributed by atoms with E-state index in [2.05, 4.69) is 20.6 Å². The van der Waals surface area contributed by atoms with Gasteiger partial charge in [0.25, 0.3) is 5.91 Å². The molecule has 134 valence electrons. The van der Waals surface area contributed by atoms with Crippen molar-refractivity contribution in [3.63, 3.8) is 0 Å². The van der Waals surface area contributed by atoms with E-state index in [0.717, 1.165) is 17.2 Å². The zero-order valence-electron chi connectivity index (χ0n) is 14.7. The van der Waals surface area contributed by atoms with Gasteiger partial charge in [0.1, 0.15) is 10.8 Å². The Balaban J connectivity index is 1.39. The van der Waals surface area contributed by atoms with Crippen LogP contribution in [0.25, 0.3) is 0 Å². The van der Waals surface area contributed by atoms with Gasteiger partial charge in [-0.05, 0) is 45.0 Å². The van der Waals surface area contributed by atoms with Gasteiger partial charge < -0.3 is 10.1 Å². The fraction of sp³-hybridized carbons (Fsp3) is 0.474. The zero-order chi connectivity index (χ0) is 17.5. The number of carbonyl (C=O) groups excluding carboxylic acids is 1. The van der Waals surface area contributed by atoms with Crippen molar-refractivity contribution < 1.29 is 9.53 Å². The number of carbonyl (C=O) groups is 1. The number of aromatic nitrogens is 1. The van der Waals surface area contributed by atoms with Gasteiger partial charge in [0, 0.05) is 11.9 Å². The third kappa shape index (κ3) is 5.83. The maximum atomic E-state index is 11.9. The van der Waals surface area contributed by atoms with E-state index < -0.39 is 0 Å². The standard InChI is InChI=1S/C19H25N3O2S/c1-15-5-7-17(8-6-15)24-13-18(23)20-11-19-21-16(14-25-19)12-22-9-3-2-4-10-22/h5-8,14H,2-4,9-13H2,1H3,(H,20,23). The third-order valence-electron chi connectivity index (χ3n) is 4.26. The molecule has 1 N–H and O–H groups in total. The van der Waals surface area contributed by atoms with E-state index >= 15 is 0 Å². The van der Waals surface area contributed by atoms with E-state index in [1.54, 1.807) is 11.3 Å². The topological polar surface area (TPSA) is 54.5 Å². The lowest BCUT2D eigenvalue weighted by Crippen LogP contribution is -2.29. The summed E-state index contributed by atoms with van der Waals surface area (Å²) in [6, 6.07) is 7.67. The summed E-state index contributed by atoms with van der Waals surface area (Å²) >= 11 is 1.60. The summed E-state index contributed by atoms with van der Waals surface area (Å²) in [5.74, 6) is 0.576. The Kier molecular flexibility index (Phi) is 6.42. The molecule has 0 atom stereocenters. The molecule has 2 aromatic rings. The van der Waals surface area contributed by atoms with Crippen LogP contribution in [0.15, 0.2) is 29.6 Å².